The highest BCUT2D eigenvalue weighted by Gasteiger charge is 2.50. The molecule has 1 aliphatic carbocycles. The highest BCUT2D eigenvalue weighted by Crippen LogP contribution is 2.39. The number of carbonyl (C=O) groups is 1. The molecule has 0 bridgehead atoms. The Morgan fingerprint density at radius 3 is 2.48 bits per heavy atom. The predicted molar refractivity (Wildman–Crippen MR) is 81.5 cm³/mol. The Bertz CT molecular complexity index is 499. The van der Waals surface area contributed by atoms with E-state index in [-0.39, 0.29) is 0 Å². The van der Waals surface area contributed by atoms with E-state index in [0.717, 1.165) is 18.4 Å². The lowest BCUT2D eigenvalue weighted by atomic mass is 9.83. The van der Waals surface area contributed by atoms with Crippen molar-refractivity contribution in [3.05, 3.63) is 35.9 Å². The van der Waals surface area contributed by atoms with Crippen LogP contribution in [0.1, 0.15) is 37.7 Å². The smallest absolute Gasteiger partial charge is 0.225 e. The number of hydrogen-bond acceptors (Lipinski definition) is 3. The summed E-state index contributed by atoms with van der Waals surface area (Å²) in [6.45, 7) is 1.08. The van der Waals surface area contributed by atoms with Gasteiger partial charge in [0.2, 0.25) is 5.91 Å². The Labute approximate surface area is 125 Å². The Kier molecular flexibility index (Phi) is 4.00. The topological polar surface area (TPSA) is 66.6 Å². The van der Waals surface area contributed by atoms with Crippen molar-refractivity contribution in [1.29, 1.82) is 0 Å². The van der Waals surface area contributed by atoms with Gasteiger partial charge in [-0.1, -0.05) is 49.6 Å². The lowest BCUT2D eigenvalue weighted by Crippen LogP contribution is -2.42. The second kappa shape index (κ2) is 5.78. The first-order valence-electron chi connectivity index (χ1n) is 7.92. The maximum absolute atomic E-state index is 11.9. The third-order valence-corrected chi connectivity index (χ3v) is 5.15. The molecular formula is C17H24N2O2. The maximum atomic E-state index is 11.9. The van der Waals surface area contributed by atoms with Crippen LogP contribution in [0.4, 0.5) is 0 Å². The summed E-state index contributed by atoms with van der Waals surface area (Å²) < 4.78 is 0. The number of aliphatic hydroxyl groups is 1. The lowest BCUT2D eigenvalue weighted by Gasteiger charge is -2.32. The number of amides is 1. The van der Waals surface area contributed by atoms with Crippen molar-refractivity contribution in [3.8, 4) is 0 Å². The molecule has 0 aromatic heterocycles. The van der Waals surface area contributed by atoms with Gasteiger partial charge < -0.3 is 10.8 Å². The van der Waals surface area contributed by atoms with E-state index in [0.29, 0.717) is 19.1 Å². The van der Waals surface area contributed by atoms with E-state index < -0.39 is 17.4 Å². The van der Waals surface area contributed by atoms with Crippen LogP contribution in [0.25, 0.3) is 0 Å². The van der Waals surface area contributed by atoms with Crippen LogP contribution in [-0.2, 0) is 10.4 Å². The first-order valence-corrected chi connectivity index (χ1v) is 7.92. The monoisotopic (exact) mass is 288 g/mol. The predicted octanol–water partition coefficient (Wildman–Crippen LogP) is 1.62. The average Bonchev–Trinajstić information content (AvgIpc) is 2.89. The van der Waals surface area contributed by atoms with Crippen LogP contribution in [0, 0.1) is 5.92 Å². The van der Waals surface area contributed by atoms with Crippen molar-refractivity contribution < 1.29 is 9.90 Å². The summed E-state index contributed by atoms with van der Waals surface area (Å²) in [6, 6.07) is 9.97. The standard InChI is InChI=1S/C17H24N2O2/c18-16(20)15-11-19(14-9-5-2-6-10-14)12-17(15,21)13-7-3-1-4-8-13/h1,3-4,7-8,14-15,21H,2,5-6,9-12H2,(H2,18,20). The van der Waals surface area contributed by atoms with Gasteiger partial charge in [0.1, 0.15) is 5.60 Å². The summed E-state index contributed by atoms with van der Waals surface area (Å²) in [5.41, 5.74) is 5.23. The van der Waals surface area contributed by atoms with Gasteiger partial charge in [0, 0.05) is 19.1 Å². The second-order valence-corrected chi connectivity index (χ2v) is 6.47. The summed E-state index contributed by atoms with van der Waals surface area (Å²) >= 11 is 0. The van der Waals surface area contributed by atoms with Crippen molar-refractivity contribution >= 4 is 5.91 Å². The summed E-state index contributed by atoms with van der Waals surface area (Å²) in [4.78, 5) is 14.1. The molecule has 114 valence electrons. The Morgan fingerprint density at radius 2 is 1.86 bits per heavy atom. The van der Waals surface area contributed by atoms with Crippen molar-refractivity contribution in [1.82, 2.24) is 4.90 Å². The molecule has 2 unspecified atom stereocenters. The molecule has 2 fully saturated rings. The third kappa shape index (κ3) is 2.70. The molecule has 4 nitrogen and oxygen atoms in total. The van der Waals surface area contributed by atoms with Crippen LogP contribution in [0.3, 0.4) is 0 Å². The Morgan fingerprint density at radius 1 is 1.19 bits per heavy atom. The Balaban J connectivity index is 1.86. The maximum Gasteiger partial charge on any atom is 0.225 e. The molecule has 2 atom stereocenters. The highest BCUT2D eigenvalue weighted by atomic mass is 16.3. The molecule has 0 spiro atoms. The highest BCUT2D eigenvalue weighted by molar-refractivity contribution is 5.79. The number of rotatable bonds is 3. The molecule has 1 saturated heterocycles. The summed E-state index contributed by atoms with van der Waals surface area (Å²) in [7, 11) is 0. The van der Waals surface area contributed by atoms with Crippen molar-refractivity contribution in [3.63, 3.8) is 0 Å². The number of nitrogens with zero attached hydrogens (tertiary/aromatic N) is 1. The van der Waals surface area contributed by atoms with Crippen LogP contribution in [0.15, 0.2) is 30.3 Å². The molecule has 2 aliphatic rings. The van der Waals surface area contributed by atoms with Gasteiger partial charge in [0.05, 0.1) is 5.92 Å². The van der Waals surface area contributed by atoms with Gasteiger partial charge in [-0.05, 0) is 18.4 Å². The van der Waals surface area contributed by atoms with Gasteiger partial charge in [0.15, 0.2) is 0 Å². The molecule has 3 rings (SSSR count). The normalized spacial score (nSPS) is 31.4. The van der Waals surface area contributed by atoms with Gasteiger partial charge in [0.25, 0.3) is 0 Å². The van der Waals surface area contributed by atoms with Gasteiger partial charge in [-0.25, -0.2) is 0 Å². The molecule has 21 heavy (non-hydrogen) atoms. The summed E-state index contributed by atoms with van der Waals surface area (Å²) in [6.07, 6.45) is 6.11. The third-order valence-electron chi connectivity index (χ3n) is 5.15. The fourth-order valence-corrected chi connectivity index (χ4v) is 3.94. The van der Waals surface area contributed by atoms with E-state index >= 15 is 0 Å². The minimum atomic E-state index is -1.15. The van der Waals surface area contributed by atoms with E-state index in [1.165, 1.54) is 19.3 Å². The van der Waals surface area contributed by atoms with Crippen molar-refractivity contribution in [2.75, 3.05) is 13.1 Å². The van der Waals surface area contributed by atoms with Crippen LogP contribution in [-0.4, -0.2) is 35.0 Å². The number of β-amino-alcohol motifs (C(OH)–C–C–N with tert-alkyl or cyclic N) is 1. The molecule has 1 aromatic rings. The zero-order chi connectivity index (χ0) is 14.9. The number of hydrogen-bond donors (Lipinski definition) is 2. The van der Waals surface area contributed by atoms with E-state index in [4.69, 9.17) is 5.73 Å². The Hall–Kier alpha value is -1.39. The van der Waals surface area contributed by atoms with Crippen LogP contribution in [0.2, 0.25) is 0 Å². The average molecular weight is 288 g/mol. The molecule has 3 N–H and O–H groups in total. The minimum Gasteiger partial charge on any atom is -0.383 e. The van der Waals surface area contributed by atoms with E-state index in [1.807, 2.05) is 30.3 Å². The first-order chi connectivity index (χ1) is 10.1. The van der Waals surface area contributed by atoms with Crippen LogP contribution in [0.5, 0.6) is 0 Å². The molecule has 1 aromatic carbocycles. The molecule has 1 aliphatic heterocycles. The summed E-state index contributed by atoms with van der Waals surface area (Å²) in [5.74, 6) is -0.929. The number of primary amides is 1. The summed E-state index contributed by atoms with van der Waals surface area (Å²) in [5, 5.41) is 11.2. The fraction of sp³-hybridized carbons (Fsp3) is 0.588. The number of carbonyl (C=O) groups excluding carboxylic acids is 1. The lowest BCUT2D eigenvalue weighted by molar-refractivity contribution is -0.128. The van der Waals surface area contributed by atoms with Crippen LogP contribution >= 0.6 is 0 Å². The molecule has 1 saturated carbocycles. The number of nitrogens with two attached hydrogens (primary N) is 1. The van der Waals surface area contributed by atoms with Gasteiger partial charge in [-0.2, -0.15) is 0 Å². The molecule has 1 heterocycles. The first kappa shape index (κ1) is 14.5. The number of benzene rings is 1. The van der Waals surface area contributed by atoms with E-state index in [1.54, 1.807) is 0 Å². The van der Waals surface area contributed by atoms with E-state index in [2.05, 4.69) is 4.90 Å². The zero-order valence-electron chi connectivity index (χ0n) is 12.4. The second-order valence-electron chi connectivity index (χ2n) is 6.47. The largest absolute Gasteiger partial charge is 0.383 e. The van der Waals surface area contributed by atoms with Gasteiger partial charge in [-0.15, -0.1) is 0 Å². The van der Waals surface area contributed by atoms with E-state index in [9.17, 15) is 9.90 Å². The molecule has 4 heteroatoms. The fourth-order valence-electron chi connectivity index (χ4n) is 3.94. The van der Waals surface area contributed by atoms with Crippen molar-refractivity contribution in [2.45, 2.75) is 43.7 Å². The molecule has 0 radical (unpaired) electrons. The quantitative estimate of drug-likeness (QED) is 0.888. The zero-order valence-corrected chi connectivity index (χ0v) is 12.4. The molecular weight excluding hydrogens is 264 g/mol. The number of likely N-dealkylation sites (tertiary alicyclic amines) is 1. The van der Waals surface area contributed by atoms with Gasteiger partial charge >= 0.3 is 0 Å². The van der Waals surface area contributed by atoms with Gasteiger partial charge in [-0.3, -0.25) is 9.69 Å². The van der Waals surface area contributed by atoms with Crippen LogP contribution < -0.4 is 5.73 Å². The SMILES string of the molecule is NC(=O)C1CN(C2CCCCC2)CC1(O)c1ccccc1. The molecule has 1 amide bonds. The van der Waals surface area contributed by atoms with Crippen molar-refractivity contribution in [2.24, 2.45) is 11.7 Å². The minimum absolute atomic E-state index is 0.403.